The van der Waals surface area contributed by atoms with Gasteiger partial charge in [-0.15, -0.1) is 0 Å². The van der Waals surface area contributed by atoms with E-state index >= 15 is 0 Å². The van der Waals surface area contributed by atoms with Crippen molar-refractivity contribution in [1.82, 2.24) is 24.9 Å². The lowest BCUT2D eigenvalue weighted by molar-refractivity contribution is -0.141. The first-order chi connectivity index (χ1) is 17.8. The average molecular weight is 518 g/mol. The first-order valence-electron chi connectivity index (χ1n) is 13.0. The van der Waals surface area contributed by atoms with Gasteiger partial charge in [0.15, 0.2) is 0 Å². The van der Waals surface area contributed by atoms with Crippen LogP contribution in [0.2, 0.25) is 0 Å². The van der Waals surface area contributed by atoms with E-state index in [0.29, 0.717) is 17.0 Å². The van der Waals surface area contributed by atoms with Crippen LogP contribution in [0.3, 0.4) is 0 Å². The molecule has 2 aliphatic heterocycles. The van der Waals surface area contributed by atoms with Crippen LogP contribution in [0.1, 0.15) is 69.5 Å². The van der Waals surface area contributed by atoms with Crippen molar-refractivity contribution in [2.45, 2.75) is 59.1 Å². The monoisotopic (exact) mass is 517 g/mol. The number of hydrogen-bond donors (Lipinski definition) is 1. The zero-order valence-corrected chi connectivity index (χ0v) is 22.9. The van der Waals surface area contributed by atoms with E-state index in [9.17, 15) is 14.7 Å². The highest BCUT2D eigenvalue weighted by Gasteiger charge is 2.55. The van der Waals surface area contributed by atoms with Gasteiger partial charge in [0, 0.05) is 48.4 Å². The fraction of sp³-hybridized carbons (Fsp3) is 0.483. The van der Waals surface area contributed by atoms with Crippen LogP contribution in [0.25, 0.3) is 11.4 Å². The molecule has 2 aliphatic rings. The van der Waals surface area contributed by atoms with Crippen molar-refractivity contribution in [1.29, 1.82) is 0 Å². The molecular formula is C29H35N5O4. The molecule has 1 atom stereocenters. The summed E-state index contributed by atoms with van der Waals surface area (Å²) in [5, 5.41) is 16.5. The van der Waals surface area contributed by atoms with Crippen LogP contribution in [0, 0.1) is 10.8 Å². The first-order valence-corrected chi connectivity index (χ1v) is 13.0. The summed E-state index contributed by atoms with van der Waals surface area (Å²) < 4.78 is 5.40. The Balaban J connectivity index is 1.48. The fourth-order valence-electron chi connectivity index (χ4n) is 5.87. The number of nitrogens with zero attached hydrogens (tertiary/aromatic N) is 5. The molecule has 0 spiro atoms. The van der Waals surface area contributed by atoms with Crippen LogP contribution in [0.15, 0.2) is 47.2 Å². The maximum atomic E-state index is 12.6. The predicted molar refractivity (Wildman–Crippen MR) is 141 cm³/mol. The Hall–Kier alpha value is -3.43. The summed E-state index contributed by atoms with van der Waals surface area (Å²) >= 11 is 0. The molecule has 200 valence electrons. The zero-order valence-electron chi connectivity index (χ0n) is 22.9. The molecule has 2 aromatic heterocycles. The van der Waals surface area contributed by atoms with Crippen molar-refractivity contribution in [3.63, 3.8) is 0 Å². The summed E-state index contributed by atoms with van der Waals surface area (Å²) in [7, 11) is 2.04. The highest BCUT2D eigenvalue weighted by Crippen LogP contribution is 2.50. The molecule has 2 saturated heterocycles. The smallest absolute Gasteiger partial charge is 0.247 e. The molecule has 1 N–H and O–H groups in total. The van der Waals surface area contributed by atoms with Gasteiger partial charge in [-0.05, 0) is 30.2 Å². The molecule has 9 heteroatoms. The second-order valence-electron chi connectivity index (χ2n) is 12.0. The summed E-state index contributed by atoms with van der Waals surface area (Å²) in [6.45, 7) is 11.3. The normalized spacial score (nSPS) is 20.6. The van der Waals surface area contributed by atoms with Crippen molar-refractivity contribution in [2.24, 2.45) is 10.8 Å². The summed E-state index contributed by atoms with van der Waals surface area (Å²) in [5.74, 6) is 0.323. The van der Waals surface area contributed by atoms with Gasteiger partial charge in [-0.2, -0.15) is 4.98 Å². The topological polar surface area (TPSA) is 113 Å². The highest BCUT2D eigenvalue weighted by atomic mass is 16.5. The Labute approximate surface area is 222 Å². The average Bonchev–Trinajstić information content (AvgIpc) is 3.40. The van der Waals surface area contributed by atoms with Crippen LogP contribution in [-0.4, -0.2) is 62.0 Å². The maximum Gasteiger partial charge on any atom is 0.247 e. The molecule has 4 heterocycles. The van der Waals surface area contributed by atoms with Gasteiger partial charge in [-0.3, -0.25) is 19.5 Å². The Kier molecular flexibility index (Phi) is 6.27. The molecule has 9 nitrogen and oxygen atoms in total. The maximum absolute atomic E-state index is 12.6. The second-order valence-corrected chi connectivity index (χ2v) is 12.0. The molecule has 0 bridgehead atoms. The van der Waals surface area contributed by atoms with E-state index in [2.05, 4.69) is 52.9 Å². The number of benzene rings is 1. The van der Waals surface area contributed by atoms with Gasteiger partial charge in [0.1, 0.15) is 12.1 Å². The van der Waals surface area contributed by atoms with E-state index in [1.165, 1.54) is 10.5 Å². The minimum absolute atomic E-state index is 0.0717. The number of hydrogen-bond acceptors (Lipinski definition) is 8. The van der Waals surface area contributed by atoms with E-state index in [1.54, 1.807) is 26.2 Å². The van der Waals surface area contributed by atoms with Gasteiger partial charge in [0.2, 0.25) is 23.5 Å². The van der Waals surface area contributed by atoms with Crippen molar-refractivity contribution in [2.75, 3.05) is 20.1 Å². The van der Waals surface area contributed by atoms with Gasteiger partial charge in [-0.25, -0.2) is 0 Å². The summed E-state index contributed by atoms with van der Waals surface area (Å²) in [6, 6.07) is 9.99. The number of carbonyl (C=O) groups excluding carboxylic acids is 2. The Morgan fingerprint density at radius 2 is 1.76 bits per heavy atom. The number of amides is 2. The van der Waals surface area contributed by atoms with Gasteiger partial charge < -0.3 is 14.5 Å². The number of carbonyl (C=O) groups is 2. The molecule has 1 aromatic carbocycles. The Morgan fingerprint density at radius 1 is 1.08 bits per heavy atom. The number of rotatable bonds is 7. The number of imide groups is 1. The van der Waals surface area contributed by atoms with E-state index < -0.39 is 16.4 Å². The molecular weight excluding hydrogens is 482 g/mol. The second kappa shape index (κ2) is 9.10. The molecule has 2 fully saturated rings. The van der Waals surface area contributed by atoms with E-state index in [1.807, 2.05) is 25.2 Å². The van der Waals surface area contributed by atoms with E-state index in [0.717, 1.165) is 18.7 Å². The van der Waals surface area contributed by atoms with Crippen LogP contribution in [0.4, 0.5) is 0 Å². The predicted octanol–water partition coefficient (Wildman–Crippen LogP) is 3.73. The van der Waals surface area contributed by atoms with Gasteiger partial charge in [0.05, 0.1) is 5.41 Å². The fourth-order valence-corrected chi connectivity index (χ4v) is 5.87. The number of aliphatic hydroxyl groups is 1. The third-order valence-electron chi connectivity index (χ3n) is 8.00. The lowest BCUT2D eigenvalue weighted by Crippen LogP contribution is -2.63. The van der Waals surface area contributed by atoms with Crippen molar-refractivity contribution in [3.05, 3.63) is 65.3 Å². The molecule has 2 amide bonds. The van der Waals surface area contributed by atoms with Crippen molar-refractivity contribution in [3.8, 4) is 11.4 Å². The molecule has 5 rings (SSSR count). The highest BCUT2D eigenvalue weighted by molar-refractivity contribution is 6.05. The van der Waals surface area contributed by atoms with Crippen molar-refractivity contribution >= 4 is 11.8 Å². The number of aromatic nitrogens is 3. The largest absolute Gasteiger partial charge is 0.380 e. The molecule has 0 saturated carbocycles. The molecule has 1 unspecified atom stereocenters. The van der Waals surface area contributed by atoms with Gasteiger partial charge >= 0.3 is 0 Å². The third-order valence-corrected chi connectivity index (χ3v) is 8.00. The van der Waals surface area contributed by atoms with Crippen LogP contribution >= 0.6 is 0 Å². The van der Waals surface area contributed by atoms with Crippen molar-refractivity contribution < 1.29 is 19.2 Å². The van der Waals surface area contributed by atoms with E-state index in [-0.39, 0.29) is 36.5 Å². The van der Waals surface area contributed by atoms with Crippen LogP contribution in [0.5, 0.6) is 0 Å². The minimum atomic E-state index is -1.30. The standard InChI is InChI=1S/C29H35N5O4/c1-18(2)19-7-9-21(10-8-19)29(37,28(5)16-33(6)17-28)22-11-20(13-30-14-22)25-31-23(38-32-25)15-34-24(35)12-27(3,4)26(34)36/h7-11,13-14,18,37H,12,15-17H2,1-6H3. The van der Waals surface area contributed by atoms with Gasteiger partial charge in [-0.1, -0.05) is 64.0 Å². The van der Waals surface area contributed by atoms with Crippen LogP contribution in [-0.2, 0) is 21.7 Å². The Morgan fingerprint density at radius 3 is 2.34 bits per heavy atom. The lowest BCUT2D eigenvalue weighted by atomic mass is 9.62. The minimum Gasteiger partial charge on any atom is -0.380 e. The lowest BCUT2D eigenvalue weighted by Gasteiger charge is -2.55. The Bertz CT molecular complexity index is 1370. The molecule has 0 radical (unpaired) electrons. The third kappa shape index (κ3) is 4.23. The quantitative estimate of drug-likeness (QED) is 0.472. The molecule has 3 aromatic rings. The number of likely N-dealkylation sites (tertiary alicyclic amines) is 2. The van der Waals surface area contributed by atoms with Crippen LogP contribution < -0.4 is 0 Å². The first kappa shape index (κ1) is 26.2. The number of pyridine rings is 1. The van der Waals surface area contributed by atoms with Gasteiger partial charge in [0.25, 0.3) is 0 Å². The summed E-state index contributed by atoms with van der Waals surface area (Å²) in [6.07, 6.45) is 3.46. The SMILES string of the molecule is CC(C)c1ccc(C(O)(c2cncc(-c3noc(CN4C(=O)CC(C)(C)C4=O)n3)c2)C2(C)CN(C)C2)cc1. The molecule has 38 heavy (non-hydrogen) atoms. The summed E-state index contributed by atoms with van der Waals surface area (Å²) in [5.41, 5.74) is 0.751. The zero-order chi connectivity index (χ0) is 27.5. The molecule has 0 aliphatic carbocycles. The van der Waals surface area contributed by atoms with E-state index in [4.69, 9.17) is 4.52 Å². The summed E-state index contributed by atoms with van der Waals surface area (Å²) in [4.78, 5) is 37.2.